The van der Waals surface area contributed by atoms with Crippen LogP contribution in [-0.2, 0) is 17.6 Å². The van der Waals surface area contributed by atoms with Gasteiger partial charge in [-0.05, 0) is 43.9 Å². The van der Waals surface area contributed by atoms with E-state index in [0.717, 1.165) is 29.7 Å². The van der Waals surface area contributed by atoms with Gasteiger partial charge in [0.2, 0.25) is 0 Å². The van der Waals surface area contributed by atoms with Crippen LogP contribution in [0.25, 0.3) is 0 Å². The molecular weight excluding hydrogens is 340 g/mol. The molecule has 3 rings (SSSR count). The molecule has 0 unspecified atom stereocenters. The number of nitrogens with one attached hydrogen (secondary N) is 2. The molecule has 2 aromatic rings. The standard InChI is InChI=1S/C18H18N2O4S/c1-2-24-18(23)20-16(22)14-12-9-6-10-13(12)25-17(14)19-15(21)11-7-4-3-5-8-11/h3-5,7-8H,2,6,9-10H2,1H3,(H,19,21)(H,20,22,23). The lowest BCUT2D eigenvalue weighted by Gasteiger charge is -2.09. The van der Waals surface area contributed by atoms with Crippen LogP contribution >= 0.6 is 11.3 Å². The number of hydrogen-bond acceptors (Lipinski definition) is 5. The number of amides is 3. The Labute approximate surface area is 149 Å². The van der Waals surface area contributed by atoms with Gasteiger partial charge in [-0.3, -0.25) is 14.9 Å². The number of fused-ring (bicyclic) bond motifs is 1. The summed E-state index contributed by atoms with van der Waals surface area (Å²) in [6.45, 7) is 1.84. The Hall–Kier alpha value is -2.67. The number of carbonyl (C=O) groups is 3. The average Bonchev–Trinajstić information content (AvgIpc) is 3.16. The molecule has 25 heavy (non-hydrogen) atoms. The molecule has 0 fully saturated rings. The molecule has 0 radical (unpaired) electrons. The molecule has 1 aliphatic rings. The number of aryl methyl sites for hydroxylation is 1. The first-order valence-electron chi connectivity index (χ1n) is 8.09. The number of alkyl carbamates (subject to hydrolysis) is 1. The highest BCUT2D eigenvalue weighted by atomic mass is 32.1. The van der Waals surface area contributed by atoms with Crippen LogP contribution in [0.5, 0.6) is 0 Å². The molecule has 1 heterocycles. The number of hydrogen-bond donors (Lipinski definition) is 2. The first kappa shape index (κ1) is 17.2. The van der Waals surface area contributed by atoms with Crippen molar-refractivity contribution in [2.24, 2.45) is 0 Å². The second kappa shape index (κ2) is 7.48. The molecule has 6 nitrogen and oxygen atoms in total. The third-order valence-electron chi connectivity index (χ3n) is 3.90. The molecule has 0 saturated carbocycles. The van der Waals surface area contributed by atoms with Crippen molar-refractivity contribution < 1.29 is 19.1 Å². The number of ether oxygens (including phenoxy) is 1. The number of thiophene rings is 1. The van der Waals surface area contributed by atoms with Gasteiger partial charge in [0.1, 0.15) is 5.00 Å². The van der Waals surface area contributed by atoms with E-state index in [1.165, 1.54) is 11.3 Å². The number of anilines is 1. The van der Waals surface area contributed by atoms with Crippen LogP contribution in [0.3, 0.4) is 0 Å². The van der Waals surface area contributed by atoms with Gasteiger partial charge in [0, 0.05) is 10.4 Å². The monoisotopic (exact) mass is 358 g/mol. The zero-order valence-corrected chi connectivity index (χ0v) is 14.6. The number of benzene rings is 1. The largest absolute Gasteiger partial charge is 0.450 e. The fraction of sp³-hybridized carbons (Fsp3) is 0.278. The smallest absolute Gasteiger partial charge is 0.414 e. The second-order valence-corrected chi connectivity index (χ2v) is 6.66. The lowest BCUT2D eigenvalue weighted by molar-refractivity contribution is 0.0925. The Kier molecular flexibility index (Phi) is 5.14. The van der Waals surface area contributed by atoms with Gasteiger partial charge >= 0.3 is 6.09 Å². The van der Waals surface area contributed by atoms with Crippen LogP contribution in [-0.4, -0.2) is 24.5 Å². The summed E-state index contributed by atoms with van der Waals surface area (Å²) in [6.07, 6.45) is 1.82. The zero-order chi connectivity index (χ0) is 17.8. The van der Waals surface area contributed by atoms with Gasteiger partial charge in [0.15, 0.2) is 0 Å². The predicted octanol–water partition coefficient (Wildman–Crippen LogP) is 3.38. The van der Waals surface area contributed by atoms with Crippen molar-refractivity contribution in [2.45, 2.75) is 26.2 Å². The zero-order valence-electron chi connectivity index (χ0n) is 13.8. The van der Waals surface area contributed by atoms with Crippen molar-refractivity contribution in [2.75, 3.05) is 11.9 Å². The maximum Gasteiger partial charge on any atom is 0.414 e. The van der Waals surface area contributed by atoms with Gasteiger partial charge in [-0.15, -0.1) is 11.3 Å². The van der Waals surface area contributed by atoms with Crippen molar-refractivity contribution in [3.63, 3.8) is 0 Å². The molecule has 0 atom stereocenters. The molecule has 1 aliphatic carbocycles. The van der Waals surface area contributed by atoms with Crippen LogP contribution in [0.4, 0.5) is 9.80 Å². The number of imide groups is 1. The Morgan fingerprint density at radius 2 is 1.88 bits per heavy atom. The molecule has 0 spiro atoms. The summed E-state index contributed by atoms with van der Waals surface area (Å²) in [7, 11) is 0. The fourth-order valence-corrected chi connectivity index (χ4v) is 4.10. The molecule has 7 heteroatoms. The highest BCUT2D eigenvalue weighted by Gasteiger charge is 2.28. The molecule has 0 saturated heterocycles. The van der Waals surface area contributed by atoms with Crippen LogP contribution in [0.2, 0.25) is 0 Å². The third kappa shape index (κ3) is 3.71. The lowest BCUT2D eigenvalue weighted by Crippen LogP contribution is -2.32. The second-order valence-electron chi connectivity index (χ2n) is 5.56. The summed E-state index contributed by atoms with van der Waals surface area (Å²) >= 11 is 1.40. The molecular formula is C18H18N2O4S. The van der Waals surface area contributed by atoms with E-state index in [4.69, 9.17) is 4.74 Å². The van der Waals surface area contributed by atoms with Crippen LogP contribution < -0.4 is 10.6 Å². The number of carbonyl (C=O) groups excluding carboxylic acids is 3. The summed E-state index contributed by atoms with van der Waals surface area (Å²) in [6, 6.07) is 8.79. The van der Waals surface area contributed by atoms with Crippen molar-refractivity contribution in [1.29, 1.82) is 0 Å². The van der Waals surface area contributed by atoms with Gasteiger partial charge in [-0.25, -0.2) is 4.79 Å². The van der Waals surface area contributed by atoms with Gasteiger partial charge in [-0.2, -0.15) is 0 Å². The summed E-state index contributed by atoms with van der Waals surface area (Å²) in [5.74, 6) is -0.827. The van der Waals surface area contributed by atoms with E-state index >= 15 is 0 Å². The minimum atomic E-state index is -0.786. The van der Waals surface area contributed by atoms with Crippen molar-refractivity contribution in [1.82, 2.24) is 5.32 Å². The van der Waals surface area contributed by atoms with Crippen molar-refractivity contribution >= 4 is 34.2 Å². The Bertz CT molecular complexity index is 814. The summed E-state index contributed by atoms with van der Waals surface area (Å²) in [5, 5.41) is 5.50. The van der Waals surface area contributed by atoms with Crippen LogP contribution in [0.1, 0.15) is 44.5 Å². The molecule has 2 N–H and O–H groups in total. The Balaban J connectivity index is 1.86. The average molecular weight is 358 g/mol. The molecule has 130 valence electrons. The van der Waals surface area contributed by atoms with Crippen molar-refractivity contribution in [3.05, 3.63) is 51.9 Å². The van der Waals surface area contributed by atoms with Gasteiger partial charge in [0.25, 0.3) is 11.8 Å². The first-order chi connectivity index (χ1) is 12.1. The van der Waals surface area contributed by atoms with Crippen LogP contribution in [0, 0.1) is 0 Å². The van der Waals surface area contributed by atoms with Crippen LogP contribution in [0.15, 0.2) is 30.3 Å². The number of rotatable bonds is 4. The maximum absolute atomic E-state index is 12.5. The van der Waals surface area contributed by atoms with E-state index in [0.29, 0.717) is 16.1 Å². The molecule has 0 aliphatic heterocycles. The minimum Gasteiger partial charge on any atom is -0.450 e. The third-order valence-corrected chi connectivity index (χ3v) is 5.11. The van der Waals surface area contributed by atoms with Gasteiger partial charge in [-0.1, -0.05) is 18.2 Å². The molecule has 0 bridgehead atoms. The van der Waals surface area contributed by atoms with E-state index in [2.05, 4.69) is 10.6 Å². The summed E-state index contributed by atoms with van der Waals surface area (Å²) in [5.41, 5.74) is 1.79. The van der Waals surface area contributed by atoms with E-state index < -0.39 is 12.0 Å². The molecule has 1 aromatic carbocycles. The molecule has 3 amide bonds. The van der Waals surface area contributed by atoms with Gasteiger partial charge in [0.05, 0.1) is 12.2 Å². The molecule has 1 aromatic heterocycles. The minimum absolute atomic E-state index is 0.179. The van der Waals surface area contributed by atoms with Crippen molar-refractivity contribution in [3.8, 4) is 0 Å². The highest BCUT2D eigenvalue weighted by Crippen LogP contribution is 2.39. The van der Waals surface area contributed by atoms with Gasteiger partial charge < -0.3 is 10.1 Å². The first-order valence-corrected chi connectivity index (χ1v) is 8.90. The topological polar surface area (TPSA) is 84.5 Å². The lowest BCUT2D eigenvalue weighted by atomic mass is 10.1. The predicted molar refractivity (Wildman–Crippen MR) is 95.2 cm³/mol. The SMILES string of the molecule is CCOC(=O)NC(=O)c1c(NC(=O)c2ccccc2)sc2c1CCC2. The maximum atomic E-state index is 12.5. The summed E-state index contributed by atoms with van der Waals surface area (Å²) < 4.78 is 4.77. The highest BCUT2D eigenvalue weighted by molar-refractivity contribution is 7.17. The normalized spacial score (nSPS) is 12.4. The van der Waals surface area contributed by atoms with E-state index in [1.54, 1.807) is 31.2 Å². The van der Waals surface area contributed by atoms with E-state index in [9.17, 15) is 14.4 Å². The Morgan fingerprint density at radius 3 is 2.60 bits per heavy atom. The quantitative estimate of drug-likeness (QED) is 0.877. The van der Waals surface area contributed by atoms with E-state index in [-0.39, 0.29) is 12.5 Å². The summed E-state index contributed by atoms with van der Waals surface area (Å²) in [4.78, 5) is 37.6. The fourth-order valence-electron chi connectivity index (χ4n) is 2.82. The Morgan fingerprint density at radius 1 is 1.12 bits per heavy atom. The van der Waals surface area contributed by atoms with E-state index in [1.807, 2.05) is 6.07 Å².